The van der Waals surface area contributed by atoms with E-state index >= 15 is 0 Å². The van der Waals surface area contributed by atoms with Crippen LogP contribution < -0.4 is 5.32 Å². The zero-order chi connectivity index (χ0) is 14.9. The van der Waals surface area contributed by atoms with Crippen molar-refractivity contribution in [3.63, 3.8) is 0 Å². The topological polar surface area (TPSA) is 17.0 Å². The summed E-state index contributed by atoms with van der Waals surface area (Å²) in [5.74, 6) is 0. The third-order valence-electron chi connectivity index (χ3n) is 3.39. The number of likely N-dealkylation sites (N-methyl/N-ethyl adjacent to an activating group) is 1. The Morgan fingerprint density at radius 1 is 1.20 bits per heavy atom. The van der Waals surface area contributed by atoms with Gasteiger partial charge >= 0.3 is 6.18 Å². The van der Waals surface area contributed by atoms with E-state index in [0.717, 1.165) is 30.2 Å². The lowest BCUT2D eigenvalue weighted by atomic mass is 10.1. The maximum Gasteiger partial charge on any atom is 0.416 e. The summed E-state index contributed by atoms with van der Waals surface area (Å²) in [4.78, 5) is 0. The fourth-order valence-electron chi connectivity index (χ4n) is 2.53. The number of benzene rings is 1. The van der Waals surface area contributed by atoms with Crippen LogP contribution in [0.15, 0.2) is 24.3 Å². The molecule has 0 unspecified atom stereocenters. The van der Waals surface area contributed by atoms with Crippen LogP contribution in [0, 0.1) is 0 Å². The molecule has 0 radical (unpaired) electrons. The molecule has 5 heteroatoms. The van der Waals surface area contributed by atoms with Crippen molar-refractivity contribution < 1.29 is 13.2 Å². The molecule has 0 saturated heterocycles. The predicted molar refractivity (Wildman–Crippen MR) is 75.0 cm³/mol. The van der Waals surface area contributed by atoms with Gasteiger partial charge in [-0.05, 0) is 45.2 Å². The first kappa shape index (κ1) is 14.9. The highest BCUT2D eigenvalue weighted by Gasteiger charge is 2.30. The Labute approximate surface area is 116 Å². The Morgan fingerprint density at radius 2 is 1.90 bits per heavy atom. The van der Waals surface area contributed by atoms with E-state index in [-0.39, 0.29) is 6.04 Å². The average Bonchev–Trinajstić information content (AvgIpc) is 2.72. The van der Waals surface area contributed by atoms with Gasteiger partial charge in [-0.25, -0.2) is 0 Å². The van der Waals surface area contributed by atoms with Crippen molar-refractivity contribution in [3.05, 3.63) is 35.5 Å². The van der Waals surface area contributed by atoms with Gasteiger partial charge in [-0.1, -0.05) is 0 Å². The van der Waals surface area contributed by atoms with Gasteiger partial charge in [-0.15, -0.1) is 0 Å². The van der Waals surface area contributed by atoms with Gasteiger partial charge in [0.2, 0.25) is 0 Å². The molecule has 20 heavy (non-hydrogen) atoms. The second-order valence-corrected chi connectivity index (χ2v) is 5.22. The fraction of sp³-hybridized carbons (Fsp3) is 0.467. The van der Waals surface area contributed by atoms with Gasteiger partial charge in [-0.2, -0.15) is 13.2 Å². The van der Waals surface area contributed by atoms with Crippen LogP contribution in [-0.4, -0.2) is 18.2 Å². The lowest BCUT2D eigenvalue weighted by Crippen LogP contribution is -2.14. The van der Waals surface area contributed by atoms with Crippen molar-refractivity contribution in [2.75, 3.05) is 13.6 Å². The van der Waals surface area contributed by atoms with Crippen LogP contribution >= 0.6 is 0 Å². The third-order valence-corrected chi connectivity index (χ3v) is 3.39. The van der Waals surface area contributed by atoms with Crippen LogP contribution in [0.2, 0.25) is 0 Å². The van der Waals surface area contributed by atoms with E-state index in [9.17, 15) is 13.2 Å². The van der Waals surface area contributed by atoms with Crippen molar-refractivity contribution in [3.8, 4) is 0 Å². The molecular weight excluding hydrogens is 265 g/mol. The number of hydrogen-bond acceptors (Lipinski definition) is 1. The highest BCUT2D eigenvalue weighted by Crippen LogP contribution is 2.33. The molecule has 0 atom stereocenters. The van der Waals surface area contributed by atoms with E-state index in [0.29, 0.717) is 5.39 Å². The summed E-state index contributed by atoms with van der Waals surface area (Å²) in [5.41, 5.74) is 1.33. The number of hydrogen-bond donors (Lipinski definition) is 1. The summed E-state index contributed by atoms with van der Waals surface area (Å²) in [7, 11) is 1.87. The maximum absolute atomic E-state index is 12.8. The minimum atomic E-state index is -4.29. The van der Waals surface area contributed by atoms with Crippen LogP contribution in [0.25, 0.3) is 10.9 Å². The zero-order valence-electron chi connectivity index (χ0n) is 11.9. The molecule has 2 nitrogen and oxygen atoms in total. The summed E-state index contributed by atoms with van der Waals surface area (Å²) < 4.78 is 40.4. The quantitative estimate of drug-likeness (QED) is 0.898. The molecule has 1 aromatic heterocycles. The van der Waals surface area contributed by atoms with E-state index in [1.165, 1.54) is 6.07 Å². The van der Waals surface area contributed by atoms with Gasteiger partial charge in [0, 0.05) is 35.6 Å². The molecule has 1 N–H and O–H groups in total. The summed E-state index contributed by atoms with van der Waals surface area (Å²) >= 11 is 0. The largest absolute Gasteiger partial charge is 0.416 e. The second-order valence-electron chi connectivity index (χ2n) is 5.22. The standard InChI is InChI=1S/C15H19F3N2/c1-10(2)20-13(6-7-19-3)9-11-8-12(15(16,17)18)4-5-14(11)20/h4-5,8-10,19H,6-7H2,1-3H3. The van der Waals surface area contributed by atoms with Gasteiger partial charge in [0.1, 0.15) is 0 Å². The maximum atomic E-state index is 12.8. The van der Waals surface area contributed by atoms with Crippen molar-refractivity contribution in [1.82, 2.24) is 9.88 Å². The second kappa shape index (κ2) is 5.48. The minimum Gasteiger partial charge on any atom is -0.342 e. The van der Waals surface area contributed by atoms with Crippen molar-refractivity contribution in [1.29, 1.82) is 0 Å². The van der Waals surface area contributed by atoms with Crippen LogP contribution in [0.3, 0.4) is 0 Å². The smallest absolute Gasteiger partial charge is 0.342 e. The molecule has 110 valence electrons. The van der Waals surface area contributed by atoms with Crippen LogP contribution in [-0.2, 0) is 12.6 Å². The lowest BCUT2D eigenvalue weighted by molar-refractivity contribution is -0.137. The third kappa shape index (κ3) is 2.82. The van der Waals surface area contributed by atoms with E-state index in [1.54, 1.807) is 6.07 Å². The Hall–Kier alpha value is -1.49. The monoisotopic (exact) mass is 284 g/mol. The molecular formula is C15H19F3N2. The molecule has 0 spiro atoms. The molecule has 1 aromatic carbocycles. The minimum absolute atomic E-state index is 0.219. The Kier molecular flexibility index (Phi) is 4.09. The first-order valence-corrected chi connectivity index (χ1v) is 6.70. The molecule has 1 heterocycles. The van der Waals surface area contributed by atoms with Crippen molar-refractivity contribution in [2.24, 2.45) is 0 Å². The Morgan fingerprint density at radius 3 is 2.45 bits per heavy atom. The number of aromatic nitrogens is 1. The molecule has 0 amide bonds. The number of alkyl halides is 3. The zero-order valence-corrected chi connectivity index (χ0v) is 11.9. The molecule has 0 bridgehead atoms. The molecule has 2 rings (SSSR count). The molecule has 2 aromatic rings. The number of fused-ring (bicyclic) bond motifs is 1. The highest BCUT2D eigenvalue weighted by atomic mass is 19.4. The summed E-state index contributed by atoms with van der Waals surface area (Å²) in [6.07, 6.45) is -3.50. The van der Waals surface area contributed by atoms with E-state index in [2.05, 4.69) is 9.88 Å². The van der Waals surface area contributed by atoms with E-state index in [4.69, 9.17) is 0 Å². The van der Waals surface area contributed by atoms with Gasteiger partial charge in [-0.3, -0.25) is 0 Å². The van der Waals surface area contributed by atoms with Gasteiger partial charge in [0.15, 0.2) is 0 Å². The molecule has 0 aliphatic heterocycles. The normalized spacial score (nSPS) is 12.6. The lowest BCUT2D eigenvalue weighted by Gasteiger charge is -2.15. The summed E-state index contributed by atoms with van der Waals surface area (Å²) in [6, 6.07) is 6.04. The van der Waals surface area contributed by atoms with E-state index in [1.807, 2.05) is 27.0 Å². The number of rotatable bonds is 4. The number of halogens is 3. The van der Waals surface area contributed by atoms with Crippen LogP contribution in [0.4, 0.5) is 13.2 Å². The number of nitrogens with one attached hydrogen (secondary N) is 1. The number of nitrogens with zero attached hydrogens (tertiary/aromatic N) is 1. The predicted octanol–water partition coefficient (Wildman–Crippen LogP) is 4.00. The van der Waals surface area contributed by atoms with E-state index < -0.39 is 11.7 Å². The Bertz CT molecular complexity index is 597. The molecule has 0 fully saturated rings. The van der Waals surface area contributed by atoms with Gasteiger partial charge in [0.05, 0.1) is 5.56 Å². The highest BCUT2D eigenvalue weighted by molar-refractivity contribution is 5.82. The van der Waals surface area contributed by atoms with Crippen LogP contribution in [0.5, 0.6) is 0 Å². The first-order valence-electron chi connectivity index (χ1n) is 6.70. The molecule has 0 aliphatic carbocycles. The Balaban J connectivity index is 2.55. The van der Waals surface area contributed by atoms with Crippen LogP contribution in [0.1, 0.15) is 31.1 Å². The van der Waals surface area contributed by atoms with Crippen molar-refractivity contribution >= 4 is 10.9 Å². The van der Waals surface area contributed by atoms with Gasteiger partial charge < -0.3 is 9.88 Å². The van der Waals surface area contributed by atoms with Gasteiger partial charge in [0.25, 0.3) is 0 Å². The molecule has 0 saturated carbocycles. The SMILES string of the molecule is CNCCc1cc2cc(C(F)(F)F)ccc2n1C(C)C. The van der Waals surface area contributed by atoms with Crippen molar-refractivity contribution in [2.45, 2.75) is 32.5 Å². The fourth-order valence-corrected chi connectivity index (χ4v) is 2.53. The first-order chi connectivity index (χ1) is 9.34. The molecule has 0 aliphatic rings. The summed E-state index contributed by atoms with van der Waals surface area (Å²) in [6.45, 7) is 4.88. The summed E-state index contributed by atoms with van der Waals surface area (Å²) in [5, 5.41) is 3.72. The average molecular weight is 284 g/mol.